The van der Waals surface area contributed by atoms with Crippen LogP contribution in [-0.2, 0) is 6.54 Å². The van der Waals surface area contributed by atoms with Crippen molar-refractivity contribution in [3.8, 4) is 0 Å². The van der Waals surface area contributed by atoms with Crippen molar-refractivity contribution in [1.29, 1.82) is 0 Å². The van der Waals surface area contributed by atoms with Crippen LogP contribution in [0.1, 0.15) is 11.1 Å². The fraction of sp³-hybridized carbons (Fsp3) is 0.588. The predicted molar refractivity (Wildman–Crippen MR) is 84.1 cm³/mol. The molecular weight excluding hydrogens is 262 g/mol. The quantitative estimate of drug-likeness (QED) is 0.832. The molecule has 2 amide bonds. The second kappa shape index (κ2) is 5.68. The van der Waals surface area contributed by atoms with Crippen molar-refractivity contribution < 1.29 is 4.79 Å². The zero-order valence-electron chi connectivity index (χ0n) is 13.2. The van der Waals surface area contributed by atoms with Crippen molar-refractivity contribution in [3.63, 3.8) is 0 Å². The highest BCUT2D eigenvalue weighted by atomic mass is 16.2. The van der Waals surface area contributed by atoms with Crippen LogP contribution in [0.5, 0.6) is 0 Å². The third-order valence-electron chi connectivity index (χ3n) is 4.74. The lowest BCUT2D eigenvalue weighted by molar-refractivity contribution is 0.173. The molecule has 2 heterocycles. The van der Waals surface area contributed by atoms with Crippen molar-refractivity contribution in [1.82, 2.24) is 14.7 Å². The van der Waals surface area contributed by atoms with Crippen molar-refractivity contribution in [2.75, 3.05) is 40.3 Å². The Bertz CT molecular complexity index is 497. The lowest BCUT2D eigenvalue weighted by Crippen LogP contribution is -2.39. The third kappa shape index (κ3) is 3.05. The standard InChI is InChI=1S/C17H25N3O/c1-13-4-6-14(7-5-13)8-19-9-15-11-20(12-16(15)10-19)17(21)18(2)3/h4-7,15-16H,8-12H2,1-3H3/t15-,16+. The van der Waals surface area contributed by atoms with Gasteiger partial charge in [-0.3, -0.25) is 4.90 Å². The number of likely N-dealkylation sites (tertiary alicyclic amines) is 2. The van der Waals surface area contributed by atoms with Gasteiger partial charge in [0.2, 0.25) is 0 Å². The number of carbonyl (C=O) groups excluding carboxylic acids is 1. The molecule has 4 heteroatoms. The monoisotopic (exact) mass is 287 g/mol. The molecule has 2 atom stereocenters. The van der Waals surface area contributed by atoms with Gasteiger partial charge in [0.15, 0.2) is 0 Å². The highest BCUT2D eigenvalue weighted by molar-refractivity contribution is 5.74. The van der Waals surface area contributed by atoms with Crippen molar-refractivity contribution in [3.05, 3.63) is 35.4 Å². The number of urea groups is 1. The fourth-order valence-electron chi connectivity index (χ4n) is 3.61. The summed E-state index contributed by atoms with van der Waals surface area (Å²) in [6.45, 7) is 7.25. The molecule has 0 unspecified atom stereocenters. The van der Waals surface area contributed by atoms with Gasteiger partial charge in [-0.15, -0.1) is 0 Å². The zero-order chi connectivity index (χ0) is 15.0. The van der Waals surface area contributed by atoms with E-state index in [4.69, 9.17) is 0 Å². The lowest BCUT2D eigenvalue weighted by Gasteiger charge is -2.24. The second-order valence-corrected chi connectivity index (χ2v) is 6.78. The number of benzene rings is 1. The van der Waals surface area contributed by atoms with Gasteiger partial charge in [-0.1, -0.05) is 29.8 Å². The van der Waals surface area contributed by atoms with Crippen LogP contribution in [0.25, 0.3) is 0 Å². The molecule has 3 rings (SSSR count). The average molecular weight is 287 g/mol. The normalized spacial score (nSPS) is 25.2. The Balaban J connectivity index is 1.54. The summed E-state index contributed by atoms with van der Waals surface area (Å²) in [5, 5.41) is 0. The van der Waals surface area contributed by atoms with E-state index in [1.54, 1.807) is 4.90 Å². The van der Waals surface area contributed by atoms with Crippen LogP contribution < -0.4 is 0 Å². The molecule has 0 bridgehead atoms. The summed E-state index contributed by atoms with van der Waals surface area (Å²) in [5.41, 5.74) is 2.71. The molecule has 1 aromatic carbocycles. The van der Waals surface area contributed by atoms with Gasteiger partial charge in [0.25, 0.3) is 0 Å². The Kier molecular flexibility index (Phi) is 3.89. The van der Waals surface area contributed by atoms with E-state index in [9.17, 15) is 4.79 Å². The molecule has 2 aliphatic rings. The minimum Gasteiger partial charge on any atom is -0.331 e. The van der Waals surface area contributed by atoms with E-state index in [0.717, 1.165) is 32.7 Å². The number of hydrogen-bond donors (Lipinski definition) is 0. The van der Waals surface area contributed by atoms with E-state index in [-0.39, 0.29) is 6.03 Å². The van der Waals surface area contributed by atoms with Crippen molar-refractivity contribution in [2.45, 2.75) is 13.5 Å². The number of rotatable bonds is 2. The molecule has 0 radical (unpaired) electrons. The summed E-state index contributed by atoms with van der Waals surface area (Å²) < 4.78 is 0. The van der Waals surface area contributed by atoms with E-state index in [2.05, 4.69) is 36.1 Å². The Morgan fingerprint density at radius 1 is 1.10 bits per heavy atom. The van der Waals surface area contributed by atoms with Gasteiger partial charge in [-0.2, -0.15) is 0 Å². The van der Waals surface area contributed by atoms with E-state index >= 15 is 0 Å². The highest BCUT2D eigenvalue weighted by Gasteiger charge is 2.41. The molecule has 0 N–H and O–H groups in total. The minimum atomic E-state index is 0.162. The largest absolute Gasteiger partial charge is 0.331 e. The maximum atomic E-state index is 12.0. The molecule has 4 nitrogen and oxygen atoms in total. The first-order valence-electron chi connectivity index (χ1n) is 7.77. The Labute approximate surface area is 127 Å². The highest BCUT2D eigenvalue weighted by Crippen LogP contribution is 2.32. The number of fused-ring (bicyclic) bond motifs is 1. The number of amides is 2. The lowest BCUT2D eigenvalue weighted by atomic mass is 10.0. The first-order valence-corrected chi connectivity index (χ1v) is 7.77. The summed E-state index contributed by atoms with van der Waals surface area (Å²) >= 11 is 0. The van der Waals surface area contributed by atoms with Gasteiger partial charge < -0.3 is 9.80 Å². The molecule has 114 valence electrons. The van der Waals surface area contributed by atoms with Gasteiger partial charge in [0.1, 0.15) is 0 Å². The molecule has 0 aliphatic carbocycles. The SMILES string of the molecule is Cc1ccc(CN2C[C@@H]3CN(C(=O)N(C)C)C[C@@H]3C2)cc1. The van der Waals surface area contributed by atoms with E-state index in [0.29, 0.717) is 11.8 Å². The van der Waals surface area contributed by atoms with Crippen LogP contribution >= 0.6 is 0 Å². The number of carbonyl (C=O) groups is 1. The Hall–Kier alpha value is -1.55. The van der Waals surface area contributed by atoms with Crippen LogP contribution in [0.4, 0.5) is 4.79 Å². The topological polar surface area (TPSA) is 26.8 Å². The first-order chi connectivity index (χ1) is 10.0. The molecule has 0 aromatic heterocycles. The van der Waals surface area contributed by atoms with Gasteiger partial charge in [-0.25, -0.2) is 4.79 Å². The van der Waals surface area contributed by atoms with E-state index in [1.165, 1.54) is 11.1 Å². The summed E-state index contributed by atoms with van der Waals surface area (Å²) in [6, 6.07) is 8.99. The third-order valence-corrected chi connectivity index (χ3v) is 4.74. The number of nitrogens with zero attached hydrogens (tertiary/aromatic N) is 3. The van der Waals surface area contributed by atoms with Crippen LogP contribution in [0.3, 0.4) is 0 Å². The molecule has 2 saturated heterocycles. The van der Waals surface area contributed by atoms with Crippen LogP contribution in [-0.4, -0.2) is 61.0 Å². The smallest absolute Gasteiger partial charge is 0.319 e. The molecule has 2 aliphatic heterocycles. The Morgan fingerprint density at radius 2 is 1.67 bits per heavy atom. The molecule has 21 heavy (non-hydrogen) atoms. The number of aryl methyl sites for hydroxylation is 1. The van der Waals surface area contributed by atoms with Crippen LogP contribution in [0, 0.1) is 18.8 Å². The summed E-state index contributed by atoms with van der Waals surface area (Å²) in [5.74, 6) is 1.30. The second-order valence-electron chi connectivity index (χ2n) is 6.78. The average Bonchev–Trinajstić information content (AvgIpc) is 2.98. The van der Waals surface area contributed by atoms with Crippen LogP contribution in [0.2, 0.25) is 0 Å². The van der Waals surface area contributed by atoms with Gasteiger partial charge in [-0.05, 0) is 24.3 Å². The van der Waals surface area contributed by atoms with Crippen molar-refractivity contribution in [2.24, 2.45) is 11.8 Å². The predicted octanol–water partition coefficient (Wildman–Crippen LogP) is 2.04. The molecule has 1 aromatic rings. The zero-order valence-corrected chi connectivity index (χ0v) is 13.2. The first kappa shape index (κ1) is 14.4. The summed E-state index contributed by atoms with van der Waals surface area (Å²) in [7, 11) is 3.67. The molecular formula is C17H25N3O. The molecule has 0 spiro atoms. The fourth-order valence-corrected chi connectivity index (χ4v) is 3.61. The maximum Gasteiger partial charge on any atom is 0.319 e. The van der Waals surface area contributed by atoms with E-state index < -0.39 is 0 Å². The Morgan fingerprint density at radius 3 is 2.19 bits per heavy atom. The van der Waals surface area contributed by atoms with Crippen molar-refractivity contribution >= 4 is 6.03 Å². The molecule has 0 saturated carbocycles. The van der Waals surface area contributed by atoms with E-state index in [1.807, 2.05) is 19.0 Å². The minimum absolute atomic E-state index is 0.162. The van der Waals surface area contributed by atoms with Gasteiger partial charge >= 0.3 is 6.03 Å². The summed E-state index contributed by atoms with van der Waals surface area (Å²) in [6.07, 6.45) is 0. The van der Waals surface area contributed by atoms with Gasteiger partial charge in [0, 0.05) is 46.8 Å². The molecule has 2 fully saturated rings. The summed E-state index contributed by atoms with van der Waals surface area (Å²) in [4.78, 5) is 18.3. The van der Waals surface area contributed by atoms with Gasteiger partial charge in [0.05, 0.1) is 0 Å². The number of hydrogen-bond acceptors (Lipinski definition) is 2. The maximum absolute atomic E-state index is 12.0. The van der Waals surface area contributed by atoms with Crippen LogP contribution in [0.15, 0.2) is 24.3 Å².